The zero-order valence-corrected chi connectivity index (χ0v) is 11.8. The van der Waals surface area contributed by atoms with Gasteiger partial charge in [0.15, 0.2) is 0 Å². The van der Waals surface area contributed by atoms with E-state index >= 15 is 0 Å². The van der Waals surface area contributed by atoms with Crippen LogP contribution >= 0.6 is 0 Å². The molecule has 0 aliphatic heterocycles. The maximum atomic E-state index is 11.6. The minimum absolute atomic E-state index is 0.0352. The first-order valence-electron chi connectivity index (χ1n) is 5.98. The standard InChI is InChI=1S/C14H20N2O3/c1-15(2)14(18)9-16(3)8-12-7-11(10-17)5-6-13(12)19-4/h5-7,10H,8-9H2,1-4H3. The summed E-state index contributed by atoms with van der Waals surface area (Å²) in [5, 5.41) is 0. The first-order chi connectivity index (χ1) is 8.97. The molecule has 0 spiro atoms. The number of carbonyl (C=O) groups excluding carboxylic acids is 2. The van der Waals surface area contributed by atoms with Gasteiger partial charge in [0.25, 0.3) is 0 Å². The molecule has 19 heavy (non-hydrogen) atoms. The molecular formula is C14H20N2O3. The molecule has 1 aromatic rings. The van der Waals surface area contributed by atoms with Gasteiger partial charge in [-0.15, -0.1) is 0 Å². The molecule has 0 saturated heterocycles. The van der Waals surface area contributed by atoms with Gasteiger partial charge in [-0.3, -0.25) is 14.5 Å². The molecule has 0 atom stereocenters. The fourth-order valence-corrected chi connectivity index (χ4v) is 1.71. The Kier molecular flexibility index (Phi) is 5.51. The van der Waals surface area contributed by atoms with Crippen molar-refractivity contribution in [2.75, 3.05) is 34.8 Å². The summed E-state index contributed by atoms with van der Waals surface area (Å²) >= 11 is 0. The Morgan fingerprint density at radius 1 is 1.32 bits per heavy atom. The normalized spacial score (nSPS) is 10.4. The summed E-state index contributed by atoms with van der Waals surface area (Å²) < 4.78 is 5.26. The summed E-state index contributed by atoms with van der Waals surface area (Å²) in [6.45, 7) is 0.867. The second kappa shape index (κ2) is 6.89. The summed E-state index contributed by atoms with van der Waals surface area (Å²) in [4.78, 5) is 25.8. The first-order valence-corrected chi connectivity index (χ1v) is 5.98. The summed E-state index contributed by atoms with van der Waals surface area (Å²) in [5.41, 5.74) is 1.49. The van der Waals surface area contributed by atoms with Crippen LogP contribution in [0.4, 0.5) is 0 Å². The van der Waals surface area contributed by atoms with E-state index in [1.807, 2.05) is 11.9 Å². The van der Waals surface area contributed by atoms with Crippen molar-refractivity contribution in [1.82, 2.24) is 9.80 Å². The van der Waals surface area contributed by atoms with Gasteiger partial charge in [0.1, 0.15) is 12.0 Å². The molecule has 0 unspecified atom stereocenters. The van der Waals surface area contributed by atoms with Gasteiger partial charge in [-0.25, -0.2) is 0 Å². The molecule has 5 heteroatoms. The van der Waals surface area contributed by atoms with Crippen LogP contribution < -0.4 is 4.74 Å². The van der Waals surface area contributed by atoms with Crippen LogP contribution in [0.2, 0.25) is 0 Å². The molecule has 104 valence electrons. The van der Waals surface area contributed by atoms with Gasteiger partial charge in [-0.1, -0.05) is 0 Å². The van der Waals surface area contributed by atoms with E-state index in [4.69, 9.17) is 4.74 Å². The molecule has 0 aliphatic carbocycles. The minimum Gasteiger partial charge on any atom is -0.496 e. The molecule has 0 saturated carbocycles. The predicted octanol–water partition coefficient (Wildman–Crippen LogP) is 1.03. The van der Waals surface area contributed by atoms with Gasteiger partial charge in [0.2, 0.25) is 5.91 Å². The summed E-state index contributed by atoms with van der Waals surface area (Å²) in [5.74, 6) is 0.753. The number of methoxy groups -OCH3 is 1. The number of amides is 1. The van der Waals surface area contributed by atoms with Crippen molar-refractivity contribution in [3.05, 3.63) is 29.3 Å². The van der Waals surface area contributed by atoms with Crippen molar-refractivity contribution in [2.24, 2.45) is 0 Å². The van der Waals surface area contributed by atoms with E-state index in [0.29, 0.717) is 18.7 Å². The lowest BCUT2D eigenvalue weighted by Crippen LogP contribution is -2.34. The number of carbonyl (C=O) groups is 2. The van der Waals surface area contributed by atoms with Gasteiger partial charge >= 0.3 is 0 Å². The lowest BCUT2D eigenvalue weighted by Gasteiger charge is -2.20. The highest BCUT2D eigenvalue weighted by Crippen LogP contribution is 2.20. The lowest BCUT2D eigenvalue weighted by atomic mass is 10.1. The third kappa shape index (κ3) is 4.37. The van der Waals surface area contributed by atoms with Gasteiger partial charge in [0, 0.05) is 31.8 Å². The topological polar surface area (TPSA) is 49.9 Å². The van der Waals surface area contributed by atoms with E-state index in [1.54, 1.807) is 44.3 Å². The lowest BCUT2D eigenvalue weighted by molar-refractivity contribution is -0.129. The Morgan fingerprint density at radius 3 is 2.53 bits per heavy atom. The van der Waals surface area contributed by atoms with E-state index < -0.39 is 0 Å². The number of nitrogens with zero attached hydrogens (tertiary/aromatic N) is 2. The molecule has 0 heterocycles. The molecule has 1 rings (SSSR count). The summed E-state index contributed by atoms with van der Waals surface area (Å²) in [6, 6.07) is 5.25. The van der Waals surface area contributed by atoms with Gasteiger partial charge in [0.05, 0.1) is 13.7 Å². The third-order valence-electron chi connectivity index (χ3n) is 2.78. The van der Waals surface area contributed by atoms with Crippen LogP contribution in [0.25, 0.3) is 0 Å². The van der Waals surface area contributed by atoms with E-state index in [1.165, 1.54) is 0 Å². The number of hydrogen-bond acceptors (Lipinski definition) is 4. The molecule has 0 bridgehead atoms. The number of hydrogen-bond donors (Lipinski definition) is 0. The largest absolute Gasteiger partial charge is 0.496 e. The Bertz CT molecular complexity index is 458. The van der Waals surface area contributed by atoms with Crippen LogP contribution in [0.5, 0.6) is 5.75 Å². The highest BCUT2D eigenvalue weighted by Gasteiger charge is 2.11. The number of likely N-dealkylation sites (N-methyl/N-ethyl adjacent to an activating group) is 2. The number of ether oxygens (including phenoxy) is 1. The molecule has 5 nitrogen and oxygen atoms in total. The van der Waals surface area contributed by atoms with Crippen molar-refractivity contribution in [3.8, 4) is 5.75 Å². The maximum Gasteiger partial charge on any atom is 0.236 e. The second-order valence-corrected chi connectivity index (χ2v) is 4.65. The molecule has 0 fully saturated rings. The molecule has 0 radical (unpaired) electrons. The predicted molar refractivity (Wildman–Crippen MR) is 73.4 cm³/mol. The van der Waals surface area contributed by atoms with Crippen molar-refractivity contribution >= 4 is 12.2 Å². The molecular weight excluding hydrogens is 244 g/mol. The van der Waals surface area contributed by atoms with Crippen LogP contribution in [-0.4, -0.2) is 56.8 Å². The average Bonchev–Trinajstić information content (AvgIpc) is 2.38. The van der Waals surface area contributed by atoms with Crippen LogP contribution in [0, 0.1) is 0 Å². The SMILES string of the molecule is COc1ccc(C=O)cc1CN(C)CC(=O)N(C)C. The van der Waals surface area contributed by atoms with Gasteiger partial charge in [-0.2, -0.15) is 0 Å². The Hall–Kier alpha value is -1.88. The molecule has 1 aromatic carbocycles. The highest BCUT2D eigenvalue weighted by molar-refractivity contribution is 5.77. The zero-order valence-electron chi connectivity index (χ0n) is 11.8. The summed E-state index contributed by atoms with van der Waals surface area (Å²) in [6.07, 6.45) is 0.800. The highest BCUT2D eigenvalue weighted by atomic mass is 16.5. The molecule has 1 amide bonds. The number of aldehydes is 1. The third-order valence-corrected chi connectivity index (χ3v) is 2.78. The second-order valence-electron chi connectivity index (χ2n) is 4.65. The molecule has 0 aliphatic rings. The minimum atomic E-state index is 0.0352. The molecule has 0 aromatic heterocycles. The smallest absolute Gasteiger partial charge is 0.236 e. The monoisotopic (exact) mass is 264 g/mol. The van der Waals surface area contributed by atoms with Gasteiger partial charge in [-0.05, 0) is 25.2 Å². The summed E-state index contributed by atoms with van der Waals surface area (Å²) in [7, 11) is 6.90. The van der Waals surface area contributed by atoms with E-state index in [-0.39, 0.29) is 5.91 Å². The van der Waals surface area contributed by atoms with E-state index in [0.717, 1.165) is 17.6 Å². The Balaban J connectivity index is 2.79. The van der Waals surface area contributed by atoms with Crippen LogP contribution in [-0.2, 0) is 11.3 Å². The Labute approximate surface area is 113 Å². The van der Waals surface area contributed by atoms with Crippen molar-refractivity contribution in [2.45, 2.75) is 6.54 Å². The fourth-order valence-electron chi connectivity index (χ4n) is 1.71. The Morgan fingerprint density at radius 2 is 2.00 bits per heavy atom. The van der Waals surface area contributed by atoms with Crippen molar-refractivity contribution < 1.29 is 14.3 Å². The number of rotatable bonds is 6. The van der Waals surface area contributed by atoms with Crippen molar-refractivity contribution in [1.29, 1.82) is 0 Å². The van der Waals surface area contributed by atoms with E-state index in [2.05, 4.69) is 0 Å². The van der Waals surface area contributed by atoms with Crippen LogP contribution in [0.15, 0.2) is 18.2 Å². The first kappa shape index (κ1) is 15.2. The quantitative estimate of drug-likeness (QED) is 0.720. The van der Waals surface area contributed by atoms with Gasteiger partial charge < -0.3 is 9.64 Å². The fraction of sp³-hybridized carbons (Fsp3) is 0.429. The average molecular weight is 264 g/mol. The molecule has 0 N–H and O–H groups in total. The number of benzene rings is 1. The van der Waals surface area contributed by atoms with Crippen LogP contribution in [0.1, 0.15) is 15.9 Å². The van der Waals surface area contributed by atoms with Crippen molar-refractivity contribution in [3.63, 3.8) is 0 Å². The maximum absolute atomic E-state index is 11.6. The van der Waals surface area contributed by atoms with E-state index in [9.17, 15) is 9.59 Å². The van der Waals surface area contributed by atoms with Crippen LogP contribution in [0.3, 0.4) is 0 Å². The zero-order chi connectivity index (χ0) is 14.4.